The Balaban J connectivity index is 4.27. The number of phosphoric ester groups is 1. The SMILES string of the molecule is CCCCCCCCCCC/C=C\CCCCCCCCCC(=O)NC(COP(=O)(O)OCC[N+](C)(C)C)C(O)CCCCCCCCCCCCC. The number of quaternary nitrogens is 1. The van der Waals surface area contributed by atoms with E-state index in [4.69, 9.17) is 9.05 Å². The second-order valence-electron chi connectivity index (χ2n) is 16.8. The number of allylic oxidation sites excluding steroid dienone is 2. The molecule has 8 nitrogen and oxygen atoms in total. The van der Waals surface area contributed by atoms with Crippen molar-refractivity contribution in [1.82, 2.24) is 5.32 Å². The molecule has 53 heavy (non-hydrogen) atoms. The average Bonchev–Trinajstić information content (AvgIpc) is 3.10. The van der Waals surface area contributed by atoms with Crippen molar-refractivity contribution in [2.75, 3.05) is 40.9 Å². The molecule has 0 radical (unpaired) electrons. The lowest BCUT2D eigenvalue weighted by atomic mass is 10.0. The molecule has 316 valence electrons. The third-order valence-electron chi connectivity index (χ3n) is 10.3. The number of phosphoric acid groups is 1. The van der Waals surface area contributed by atoms with Gasteiger partial charge in [0.15, 0.2) is 0 Å². The van der Waals surface area contributed by atoms with Crippen LogP contribution in [0, 0.1) is 0 Å². The monoisotopic (exact) mass is 774 g/mol. The molecular formula is C44H90N2O6P+. The van der Waals surface area contributed by atoms with E-state index >= 15 is 0 Å². The summed E-state index contributed by atoms with van der Waals surface area (Å²) in [4.78, 5) is 23.1. The minimum absolute atomic E-state index is 0.0755. The number of nitrogens with zero attached hydrogens (tertiary/aromatic N) is 1. The molecule has 3 unspecified atom stereocenters. The van der Waals surface area contributed by atoms with Crippen molar-refractivity contribution in [2.45, 2.75) is 225 Å². The van der Waals surface area contributed by atoms with E-state index in [0.717, 1.165) is 38.5 Å². The molecule has 0 bridgehead atoms. The van der Waals surface area contributed by atoms with Crippen molar-refractivity contribution >= 4 is 13.7 Å². The van der Waals surface area contributed by atoms with Gasteiger partial charge >= 0.3 is 7.82 Å². The highest BCUT2D eigenvalue weighted by atomic mass is 31.2. The Hall–Kier alpha value is -0.760. The summed E-state index contributed by atoms with van der Waals surface area (Å²) in [5.41, 5.74) is 0. The van der Waals surface area contributed by atoms with E-state index in [1.54, 1.807) is 0 Å². The van der Waals surface area contributed by atoms with E-state index in [1.165, 1.54) is 148 Å². The number of carbonyl (C=O) groups is 1. The third kappa shape index (κ3) is 39.3. The fourth-order valence-electron chi connectivity index (χ4n) is 6.63. The molecule has 0 rings (SSSR count). The van der Waals surface area contributed by atoms with Crippen LogP contribution in [0.3, 0.4) is 0 Å². The van der Waals surface area contributed by atoms with Gasteiger partial charge in [-0.05, 0) is 38.5 Å². The largest absolute Gasteiger partial charge is 0.472 e. The van der Waals surface area contributed by atoms with Crippen molar-refractivity contribution < 1.29 is 32.9 Å². The Bertz CT molecular complexity index is 880. The van der Waals surface area contributed by atoms with Crippen LogP contribution in [0.25, 0.3) is 0 Å². The lowest BCUT2D eigenvalue weighted by molar-refractivity contribution is -0.870. The number of aliphatic hydroxyl groups is 1. The summed E-state index contributed by atoms with van der Waals surface area (Å²) in [6.07, 6.45) is 40.9. The number of nitrogens with one attached hydrogen (secondary N) is 1. The van der Waals surface area contributed by atoms with Crippen LogP contribution in [0.5, 0.6) is 0 Å². The third-order valence-corrected chi connectivity index (χ3v) is 11.2. The van der Waals surface area contributed by atoms with Gasteiger partial charge in [0.05, 0.1) is 39.9 Å². The highest BCUT2D eigenvalue weighted by Crippen LogP contribution is 2.43. The Morgan fingerprint density at radius 3 is 1.45 bits per heavy atom. The van der Waals surface area contributed by atoms with Crippen LogP contribution in [-0.2, 0) is 18.4 Å². The van der Waals surface area contributed by atoms with Gasteiger partial charge < -0.3 is 19.8 Å². The van der Waals surface area contributed by atoms with Crippen molar-refractivity contribution in [3.8, 4) is 0 Å². The molecular weight excluding hydrogens is 683 g/mol. The van der Waals surface area contributed by atoms with Gasteiger partial charge in [-0.1, -0.05) is 180 Å². The number of unbranched alkanes of at least 4 members (excludes halogenated alkanes) is 26. The van der Waals surface area contributed by atoms with Crippen LogP contribution in [0.4, 0.5) is 0 Å². The number of likely N-dealkylation sites (N-methyl/N-ethyl adjacent to an activating group) is 1. The number of hydrogen-bond acceptors (Lipinski definition) is 5. The summed E-state index contributed by atoms with van der Waals surface area (Å²) in [6.45, 7) is 4.88. The number of aliphatic hydroxyl groups excluding tert-OH is 1. The van der Waals surface area contributed by atoms with Crippen LogP contribution in [0.1, 0.15) is 213 Å². The zero-order valence-electron chi connectivity index (χ0n) is 35.8. The molecule has 0 aliphatic heterocycles. The molecule has 3 N–H and O–H groups in total. The molecule has 0 spiro atoms. The average molecular weight is 774 g/mol. The maximum atomic E-state index is 12.9. The van der Waals surface area contributed by atoms with Crippen molar-refractivity contribution in [3.05, 3.63) is 12.2 Å². The molecule has 3 atom stereocenters. The first kappa shape index (κ1) is 52.2. The van der Waals surface area contributed by atoms with Crippen molar-refractivity contribution in [1.29, 1.82) is 0 Å². The molecule has 9 heteroatoms. The molecule has 0 aliphatic rings. The van der Waals surface area contributed by atoms with E-state index in [-0.39, 0.29) is 19.1 Å². The molecule has 0 aromatic carbocycles. The van der Waals surface area contributed by atoms with Crippen molar-refractivity contribution in [3.63, 3.8) is 0 Å². The van der Waals surface area contributed by atoms with Crippen LogP contribution in [0.2, 0.25) is 0 Å². The van der Waals surface area contributed by atoms with Gasteiger partial charge in [-0.2, -0.15) is 0 Å². The van der Waals surface area contributed by atoms with Gasteiger partial charge in [0.1, 0.15) is 13.2 Å². The second-order valence-corrected chi connectivity index (χ2v) is 18.2. The van der Waals surface area contributed by atoms with E-state index in [9.17, 15) is 19.4 Å². The van der Waals surface area contributed by atoms with Crippen LogP contribution < -0.4 is 5.32 Å². The number of amides is 1. The Kier molecular flexibility index (Phi) is 36.3. The van der Waals surface area contributed by atoms with E-state index < -0.39 is 20.0 Å². The molecule has 0 saturated carbocycles. The summed E-state index contributed by atoms with van der Waals surface area (Å²) in [6, 6.07) is -0.757. The summed E-state index contributed by atoms with van der Waals surface area (Å²) < 4.78 is 23.6. The molecule has 0 heterocycles. The molecule has 0 fully saturated rings. The quantitative estimate of drug-likeness (QED) is 0.0247. The first-order valence-corrected chi connectivity index (χ1v) is 24.0. The summed E-state index contributed by atoms with van der Waals surface area (Å²) in [7, 11) is 1.62. The topological polar surface area (TPSA) is 105 Å². The van der Waals surface area contributed by atoms with Crippen LogP contribution in [0.15, 0.2) is 12.2 Å². The van der Waals surface area contributed by atoms with E-state index in [1.807, 2.05) is 21.1 Å². The maximum Gasteiger partial charge on any atom is 0.472 e. The van der Waals surface area contributed by atoms with Gasteiger partial charge in [-0.15, -0.1) is 0 Å². The summed E-state index contributed by atoms with van der Waals surface area (Å²) in [5.74, 6) is -0.149. The van der Waals surface area contributed by atoms with Crippen LogP contribution in [-0.4, -0.2) is 73.4 Å². The Labute approximate surface area is 329 Å². The Morgan fingerprint density at radius 1 is 0.623 bits per heavy atom. The van der Waals surface area contributed by atoms with Gasteiger partial charge in [-0.25, -0.2) is 4.57 Å². The minimum Gasteiger partial charge on any atom is -0.391 e. The minimum atomic E-state index is -4.31. The zero-order chi connectivity index (χ0) is 39.3. The highest BCUT2D eigenvalue weighted by molar-refractivity contribution is 7.47. The smallest absolute Gasteiger partial charge is 0.391 e. The number of hydrogen-bond donors (Lipinski definition) is 3. The lowest BCUT2D eigenvalue weighted by Crippen LogP contribution is -2.46. The molecule has 0 aliphatic carbocycles. The number of rotatable bonds is 41. The van der Waals surface area contributed by atoms with E-state index in [2.05, 4.69) is 31.3 Å². The van der Waals surface area contributed by atoms with Gasteiger partial charge in [0.25, 0.3) is 0 Å². The first-order valence-electron chi connectivity index (χ1n) is 22.6. The highest BCUT2D eigenvalue weighted by Gasteiger charge is 2.28. The normalized spacial score (nSPS) is 14.5. The van der Waals surface area contributed by atoms with Gasteiger partial charge in [-0.3, -0.25) is 13.8 Å². The van der Waals surface area contributed by atoms with Gasteiger partial charge in [0.2, 0.25) is 5.91 Å². The fourth-order valence-corrected chi connectivity index (χ4v) is 7.36. The molecule has 0 saturated heterocycles. The predicted molar refractivity (Wildman–Crippen MR) is 226 cm³/mol. The lowest BCUT2D eigenvalue weighted by Gasteiger charge is -2.26. The van der Waals surface area contributed by atoms with E-state index in [0.29, 0.717) is 23.9 Å². The van der Waals surface area contributed by atoms with Gasteiger partial charge in [0, 0.05) is 6.42 Å². The molecule has 1 amide bonds. The number of carbonyl (C=O) groups excluding carboxylic acids is 1. The zero-order valence-corrected chi connectivity index (χ0v) is 36.7. The Morgan fingerprint density at radius 2 is 1.02 bits per heavy atom. The standard InChI is InChI=1S/C44H89N2O6P/c1-6-8-10-12-14-16-18-19-20-21-22-23-24-25-26-28-30-32-34-36-38-44(48)45-42(41-52-53(49,50)51-40-39-46(3,4)5)43(47)37-35-33-31-29-27-17-15-13-11-9-7-2/h22-23,42-43,47H,6-21,24-41H2,1-5H3,(H-,45,48,49,50)/p+1/b23-22-. The fraction of sp³-hybridized carbons (Fsp3) is 0.932. The second kappa shape index (κ2) is 36.9. The summed E-state index contributed by atoms with van der Waals surface area (Å²) in [5, 5.41) is 13.9. The first-order chi connectivity index (χ1) is 25.5. The maximum absolute atomic E-state index is 12.9. The molecule has 0 aromatic heterocycles. The molecule has 0 aromatic rings. The summed E-state index contributed by atoms with van der Waals surface area (Å²) >= 11 is 0. The predicted octanol–water partition coefficient (Wildman–Crippen LogP) is 12.4. The van der Waals surface area contributed by atoms with Crippen LogP contribution >= 0.6 is 7.82 Å². The van der Waals surface area contributed by atoms with Crippen molar-refractivity contribution in [2.24, 2.45) is 0 Å².